The average Bonchev–Trinajstić information content (AvgIpc) is 3.01. The molecule has 0 aliphatic heterocycles. The van der Waals surface area contributed by atoms with Crippen molar-refractivity contribution in [3.63, 3.8) is 0 Å². The lowest BCUT2D eigenvalue weighted by atomic mass is 9.93. The molecule has 1 aliphatic carbocycles. The Morgan fingerprint density at radius 1 is 1.12 bits per heavy atom. The molecule has 0 amide bonds. The molecule has 0 bridgehead atoms. The summed E-state index contributed by atoms with van der Waals surface area (Å²) in [4.78, 5) is 0. The van der Waals surface area contributed by atoms with Crippen LogP contribution in [0.5, 0.6) is 0 Å². The van der Waals surface area contributed by atoms with Crippen LogP contribution in [0.2, 0.25) is 0 Å². The van der Waals surface area contributed by atoms with Crippen molar-refractivity contribution in [2.45, 2.75) is 18.1 Å². The molecule has 90 valence electrons. The van der Waals surface area contributed by atoms with E-state index in [-0.39, 0.29) is 16.2 Å². The third-order valence-corrected chi connectivity index (χ3v) is 5.59. The van der Waals surface area contributed by atoms with Gasteiger partial charge in [-0.1, -0.05) is 30.3 Å². The Morgan fingerprint density at radius 2 is 1.62 bits per heavy atom. The van der Waals surface area contributed by atoms with E-state index in [2.05, 4.69) is 0 Å². The first-order valence-corrected chi connectivity index (χ1v) is 6.58. The van der Waals surface area contributed by atoms with Gasteiger partial charge in [0, 0.05) is 0 Å². The zero-order valence-electron chi connectivity index (χ0n) is 8.56. The van der Waals surface area contributed by atoms with Gasteiger partial charge in [-0.3, -0.25) is 0 Å². The van der Waals surface area contributed by atoms with E-state index in [1.807, 2.05) is 6.07 Å². The Morgan fingerprint density at radius 3 is 2.06 bits per heavy atom. The van der Waals surface area contributed by atoms with Gasteiger partial charge in [-0.25, -0.2) is 8.42 Å². The second kappa shape index (κ2) is 5.68. The lowest BCUT2D eigenvalue weighted by molar-refractivity contribution is 0.607. The van der Waals surface area contributed by atoms with Crippen LogP contribution in [-0.4, -0.2) is 30.0 Å². The maximum Gasteiger partial charge on any atom is 0.423 e. The summed E-state index contributed by atoms with van der Waals surface area (Å²) in [6.07, 6.45) is 1.52. The van der Waals surface area contributed by atoms with Crippen LogP contribution in [0.25, 0.3) is 0 Å². The second-order valence-corrected chi connectivity index (χ2v) is 6.53. The quantitative estimate of drug-likeness (QED) is 0.691. The molecule has 1 aromatic rings. The Balaban J connectivity index is 0.00000112. The molecule has 0 heterocycles. The molecule has 0 unspecified atom stereocenters. The first-order valence-electron chi connectivity index (χ1n) is 4.54. The molecule has 1 aromatic carbocycles. The van der Waals surface area contributed by atoms with Crippen LogP contribution in [0.1, 0.15) is 12.8 Å². The predicted octanol–water partition coefficient (Wildman–Crippen LogP) is -0.452. The van der Waals surface area contributed by atoms with Crippen molar-refractivity contribution >= 4 is 32.0 Å². The van der Waals surface area contributed by atoms with Crippen molar-refractivity contribution in [1.29, 1.82) is 0 Å². The molecular formula is C9H14BClO4S. The molecule has 0 spiro atoms. The maximum absolute atomic E-state index is 11.8. The summed E-state index contributed by atoms with van der Waals surface area (Å²) < 4.78 is 23.5. The number of hydrogen-bond acceptors (Lipinski definition) is 2. The van der Waals surface area contributed by atoms with Crippen LogP contribution in [0.4, 0.5) is 0 Å². The monoisotopic (exact) mass is 264 g/mol. The molecule has 0 saturated heterocycles. The SMILES string of the molecule is O.O.O=S(=O)(B(Cl)c1ccccc1)C1CC1. The minimum atomic E-state index is -3.15. The maximum atomic E-state index is 11.8. The fourth-order valence-corrected chi connectivity index (χ4v) is 3.61. The third-order valence-electron chi connectivity index (χ3n) is 2.34. The summed E-state index contributed by atoms with van der Waals surface area (Å²) in [5.41, 5.74) is 0.668. The van der Waals surface area contributed by atoms with E-state index in [0.29, 0.717) is 5.46 Å². The molecule has 0 atom stereocenters. The molecule has 1 fully saturated rings. The van der Waals surface area contributed by atoms with E-state index in [0.717, 1.165) is 12.8 Å². The van der Waals surface area contributed by atoms with E-state index in [4.69, 9.17) is 11.5 Å². The van der Waals surface area contributed by atoms with Gasteiger partial charge >= 0.3 is 5.41 Å². The normalized spacial score (nSPS) is 14.6. The van der Waals surface area contributed by atoms with Crippen LogP contribution in [-0.2, 0) is 9.69 Å². The standard InChI is InChI=1S/C9H10BClO2S.2H2O/c11-10(8-4-2-1-3-5-8)14(12,13)9-6-7-9;;/h1-5,9H,6-7H2;2*1H2. The van der Waals surface area contributed by atoms with E-state index in [1.54, 1.807) is 24.3 Å². The van der Waals surface area contributed by atoms with Gasteiger partial charge in [0.2, 0.25) is 0 Å². The number of rotatable bonds is 3. The average molecular weight is 265 g/mol. The first kappa shape index (κ1) is 15.4. The summed E-state index contributed by atoms with van der Waals surface area (Å²) in [6, 6.07) is 8.94. The molecule has 0 radical (unpaired) electrons. The van der Waals surface area contributed by atoms with Crippen molar-refractivity contribution in [2.24, 2.45) is 0 Å². The van der Waals surface area contributed by atoms with Gasteiger partial charge in [-0.2, -0.15) is 11.5 Å². The summed E-state index contributed by atoms with van der Waals surface area (Å²) in [5.74, 6) is 0. The van der Waals surface area contributed by atoms with E-state index < -0.39 is 15.1 Å². The fraction of sp³-hybridized carbons (Fsp3) is 0.333. The van der Waals surface area contributed by atoms with Crippen molar-refractivity contribution in [3.8, 4) is 0 Å². The van der Waals surface area contributed by atoms with Crippen molar-refractivity contribution in [2.75, 3.05) is 0 Å². The van der Waals surface area contributed by atoms with Crippen LogP contribution < -0.4 is 5.46 Å². The highest BCUT2D eigenvalue weighted by molar-refractivity contribution is 8.25. The molecule has 1 aliphatic rings. The van der Waals surface area contributed by atoms with Crippen molar-refractivity contribution in [3.05, 3.63) is 30.3 Å². The lowest BCUT2D eigenvalue weighted by Gasteiger charge is -2.06. The highest BCUT2D eigenvalue weighted by Gasteiger charge is 2.43. The largest absolute Gasteiger partial charge is 0.423 e. The zero-order valence-corrected chi connectivity index (χ0v) is 10.1. The fourth-order valence-electron chi connectivity index (χ4n) is 1.36. The summed E-state index contributed by atoms with van der Waals surface area (Å²) in [6.45, 7) is 0. The summed E-state index contributed by atoms with van der Waals surface area (Å²) in [7, 11) is -3.15. The van der Waals surface area contributed by atoms with Crippen LogP contribution in [0.3, 0.4) is 0 Å². The predicted molar refractivity (Wildman–Crippen MR) is 66.9 cm³/mol. The minimum Gasteiger partial charge on any atom is -0.412 e. The van der Waals surface area contributed by atoms with Gasteiger partial charge < -0.3 is 11.0 Å². The van der Waals surface area contributed by atoms with Gasteiger partial charge in [-0.15, -0.1) is 0 Å². The summed E-state index contributed by atoms with van der Waals surface area (Å²) in [5, 5.41) is -1.08. The molecule has 4 N–H and O–H groups in total. The molecule has 0 aromatic heterocycles. The van der Waals surface area contributed by atoms with Crippen LogP contribution in [0, 0.1) is 0 Å². The van der Waals surface area contributed by atoms with Crippen LogP contribution >= 0.6 is 11.5 Å². The molecule has 2 rings (SSSR count). The smallest absolute Gasteiger partial charge is 0.412 e. The first-order chi connectivity index (χ1) is 6.62. The van der Waals surface area contributed by atoms with Crippen LogP contribution in [0.15, 0.2) is 30.3 Å². The van der Waals surface area contributed by atoms with Gasteiger partial charge in [0.1, 0.15) is 9.69 Å². The third kappa shape index (κ3) is 2.98. The van der Waals surface area contributed by atoms with Gasteiger partial charge in [-0.05, 0) is 18.3 Å². The molecule has 7 heteroatoms. The van der Waals surface area contributed by atoms with E-state index >= 15 is 0 Å². The van der Waals surface area contributed by atoms with E-state index in [9.17, 15) is 8.42 Å². The molecule has 16 heavy (non-hydrogen) atoms. The Kier molecular flexibility index (Phi) is 5.48. The number of hydrogen-bond donors (Lipinski definition) is 0. The molecule has 1 saturated carbocycles. The molecule has 4 nitrogen and oxygen atoms in total. The van der Waals surface area contributed by atoms with Gasteiger partial charge in [0.05, 0.1) is 5.25 Å². The second-order valence-electron chi connectivity index (χ2n) is 3.52. The summed E-state index contributed by atoms with van der Waals surface area (Å²) >= 11 is 5.94. The Labute approximate surface area is 100 Å². The number of benzene rings is 1. The van der Waals surface area contributed by atoms with Gasteiger partial charge in [0.15, 0.2) is 0 Å². The Hall–Kier alpha value is -0.555. The van der Waals surface area contributed by atoms with Gasteiger partial charge in [0.25, 0.3) is 0 Å². The molecular weight excluding hydrogens is 250 g/mol. The topological polar surface area (TPSA) is 97.1 Å². The van der Waals surface area contributed by atoms with Crippen molar-refractivity contribution < 1.29 is 19.4 Å². The highest BCUT2D eigenvalue weighted by Crippen LogP contribution is 2.31. The van der Waals surface area contributed by atoms with Crippen molar-refractivity contribution in [1.82, 2.24) is 0 Å². The Bertz CT molecular complexity index is 418. The number of halogens is 1. The zero-order chi connectivity index (χ0) is 10.2. The van der Waals surface area contributed by atoms with E-state index in [1.165, 1.54) is 0 Å². The minimum absolute atomic E-state index is 0. The lowest BCUT2D eigenvalue weighted by Crippen LogP contribution is -2.36. The highest BCUT2D eigenvalue weighted by atomic mass is 35.5.